The van der Waals surface area contributed by atoms with E-state index in [9.17, 15) is 0 Å². The van der Waals surface area contributed by atoms with Crippen molar-refractivity contribution in [2.45, 2.75) is 13.3 Å². The molecule has 0 radical (unpaired) electrons. The Morgan fingerprint density at radius 3 is 2.84 bits per heavy atom. The lowest BCUT2D eigenvalue weighted by Crippen LogP contribution is -2.29. The van der Waals surface area contributed by atoms with Gasteiger partial charge in [0, 0.05) is 17.6 Å². The molecule has 0 aromatic heterocycles. The van der Waals surface area contributed by atoms with Crippen LogP contribution in [0.4, 0.5) is 0 Å². The average Bonchev–Trinajstić information content (AvgIpc) is 2.88. The van der Waals surface area contributed by atoms with Crippen LogP contribution in [0.2, 0.25) is 0 Å². The van der Waals surface area contributed by atoms with E-state index < -0.39 is 0 Å². The Labute approximate surface area is 124 Å². The summed E-state index contributed by atoms with van der Waals surface area (Å²) in [5, 5.41) is 3.49. The highest BCUT2D eigenvalue weighted by Gasteiger charge is 2.20. The molecular formula is C15H23BrN2O. The van der Waals surface area contributed by atoms with Crippen molar-refractivity contribution in [2.24, 2.45) is 5.92 Å². The lowest BCUT2D eigenvalue weighted by atomic mass is 10.1. The van der Waals surface area contributed by atoms with Crippen LogP contribution in [0.15, 0.2) is 28.7 Å². The molecule has 1 aromatic carbocycles. The lowest BCUT2D eigenvalue weighted by Gasteiger charge is -2.14. The Morgan fingerprint density at radius 2 is 2.16 bits per heavy atom. The predicted molar refractivity (Wildman–Crippen MR) is 82.7 cm³/mol. The molecule has 1 fully saturated rings. The molecule has 0 spiro atoms. The number of nitrogens with one attached hydrogen (secondary N) is 1. The summed E-state index contributed by atoms with van der Waals surface area (Å²) in [6, 6.07) is 7.97. The topological polar surface area (TPSA) is 24.5 Å². The fourth-order valence-corrected chi connectivity index (χ4v) is 2.71. The predicted octanol–water partition coefficient (Wildman–Crippen LogP) is 2.76. The van der Waals surface area contributed by atoms with Crippen LogP contribution in [0, 0.1) is 5.92 Å². The molecule has 4 heteroatoms. The summed E-state index contributed by atoms with van der Waals surface area (Å²) in [6.45, 7) is 8.69. The number of hydrogen-bond donors (Lipinski definition) is 1. The van der Waals surface area contributed by atoms with Crippen molar-refractivity contribution in [2.75, 3.05) is 39.3 Å². The third-order valence-electron chi connectivity index (χ3n) is 3.61. The van der Waals surface area contributed by atoms with Crippen LogP contribution in [0.5, 0.6) is 5.75 Å². The molecular weight excluding hydrogens is 304 g/mol. The summed E-state index contributed by atoms with van der Waals surface area (Å²) < 4.78 is 6.76. The van der Waals surface area contributed by atoms with Crippen LogP contribution in [0.3, 0.4) is 0 Å². The number of ether oxygens (including phenoxy) is 1. The zero-order valence-corrected chi connectivity index (χ0v) is 13.2. The van der Waals surface area contributed by atoms with Gasteiger partial charge in [0.1, 0.15) is 12.4 Å². The first-order valence-electron chi connectivity index (χ1n) is 7.09. The summed E-state index contributed by atoms with van der Waals surface area (Å²) in [7, 11) is 0. The highest BCUT2D eigenvalue weighted by molar-refractivity contribution is 9.10. The molecule has 1 aromatic rings. The van der Waals surface area contributed by atoms with E-state index in [1.165, 1.54) is 26.1 Å². The van der Waals surface area contributed by atoms with Gasteiger partial charge in [-0.15, -0.1) is 0 Å². The number of halogens is 1. The molecule has 1 unspecified atom stereocenters. The van der Waals surface area contributed by atoms with Crippen molar-refractivity contribution in [3.8, 4) is 5.75 Å². The Kier molecular flexibility index (Phi) is 6.14. The molecule has 1 aliphatic heterocycles. The maximum Gasteiger partial charge on any atom is 0.119 e. The molecule has 1 aliphatic rings. The summed E-state index contributed by atoms with van der Waals surface area (Å²) in [6.07, 6.45) is 1.33. The maximum atomic E-state index is 5.67. The van der Waals surface area contributed by atoms with E-state index in [2.05, 4.69) is 33.1 Å². The SMILES string of the molecule is CCN1CCC(CNCCOc2ccc(Br)cc2)C1. The largest absolute Gasteiger partial charge is 0.492 e. The molecule has 1 saturated heterocycles. The van der Waals surface area contributed by atoms with Crippen LogP contribution >= 0.6 is 15.9 Å². The fraction of sp³-hybridized carbons (Fsp3) is 0.600. The normalized spacial score (nSPS) is 19.8. The summed E-state index contributed by atoms with van der Waals surface area (Å²) in [4.78, 5) is 2.52. The van der Waals surface area contributed by atoms with Gasteiger partial charge in [0.25, 0.3) is 0 Å². The van der Waals surface area contributed by atoms with E-state index >= 15 is 0 Å². The van der Waals surface area contributed by atoms with Gasteiger partial charge >= 0.3 is 0 Å². The smallest absolute Gasteiger partial charge is 0.119 e. The number of benzene rings is 1. The minimum atomic E-state index is 0.728. The van der Waals surface area contributed by atoms with Gasteiger partial charge in [0.05, 0.1) is 0 Å². The third-order valence-corrected chi connectivity index (χ3v) is 4.14. The first kappa shape index (κ1) is 14.8. The zero-order chi connectivity index (χ0) is 13.5. The second kappa shape index (κ2) is 7.88. The van der Waals surface area contributed by atoms with Gasteiger partial charge in [-0.25, -0.2) is 0 Å². The first-order valence-corrected chi connectivity index (χ1v) is 7.88. The van der Waals surface area contributed by atoms with Crippen molar-refractivity contribution in [1.29, 1.82) is 0 Å². The van der Waals surface area contributed by atoms with Crippen molar-refractivity contribution in [1.82, 2.24) is 10.2 Å². The second-order valence-electron chi connectivity index (χ2n) is 5.05. The van der Waals surface area contributed by atoms with Crippen LogP contribution in [0.1, 0.15) is 13.3 Å². The van der Waals surface area contributed by atoms with Crippen molar-refractivity contribution < 1.29 is 4.74 Å². The summed E-state index contributed by atoms with van der Waals surface area (Å²) in [5.41, 5.74) is 0. The molecule has 1 N–H and O–H groups in total. The monoisotopic (exact) mass is 326 g/mol. The molecule has 0 bridgehead atoms. The van der Waals surface area contributed by atoms with E-state index in [0.29, 0.717) is 0 Å². The van der Waals surface area contributed by atoms with Gasteiger partial charge in [-0.1, -0.05) is 22.9 Å². The zero-order valence-electron chi connectivity index (χ0n) is 11.6. The Morgan fingerprint density at radius 1 is 1.37 bits per heavy atom. The number of rotatable bonds is 7. The fourth-order valence-electron chi connectivity index (χ4n) is 2.44. The van der Waals surface area contributed by atoms with Gasteiger partial charge < -0.3 is 15.0 Å². The van der Waals surface area contributed by atoms with Gasteiger partial charge in [0.15, 0.2) is 0 Å². The molecule has 2 rings (SSSR count). The average molecular weight is 327 g/mol. The van der Waals surface area contributed by atoms with Gasteiger partial charge in [-0.05, 0) is 56.2 Å². The van der Waals surface area contributed by atoms with Crippen LogP contribution in [0.25, 0.3) is 0 Å². The minimum Gasteiger partial charge on any atom is -0.492 e. The van der Waals surface area contributed by atoms with E-state index in [-0.39, 0.29) is 0 Å². The molecule has 19 heavy (non-hydrogen) atoms. The third kappa shape index (κ3) is 5.13. The highest BCUT2D eigenvalue weighted by Crippen LogP contribution is 2.16. The van der Waals surface area contributed by atoms with E-state index in [1.54, 1.807) is 0 Å². The maximum absolute atomic E-state index is 5.67. The van der Waals surface area contributed by atoms with Gasteiger partial charge in [-0.2, -0.15) is 0 Å². The van der Waals surface area contributed by atoms with Gasteiger partial charge in [-0.3, -0.25) is 0 Å². The van der Waals surface area contributed by atoms with E-state index in [0.717, 1.165) is 35.8 Å². The number of hydrogen-bond acceptors (Lipinski definition) is 3. The Hall–Kier alpha value is -0.580. The van der Waals surface area contributed by atoms with Gasteiger partial charge in [0.2, 0.25) is 0 Å². The minimum absolute atomic E-state index is 0.728. The lowest BCUT2D eigenvalue weighted by molar-refractivity contribution is 0.304. The molecule has 1 heterocycles. The number of likely N-dealkylation sites (tertiary alicyclic amines) is 1. The van der Waals surface area contributed by atoms with Crippen LogP contribution < -0.4 is 10.1 Å². The van der Waals surface area contributed by atoms with E-state index in [1.807, 2.05) is 24.3 Å². The Balaban J connectivity index is 1.54. The molecule has 0 amide bonds. The van der Waals surface area contributed by atoms with Crippen molar-refractivity contribution in [3.05, 3.63) is 28.7 Å². The van der Waals surface area contributed by atoms with Crippen LogP contribution in [-0.2, 0) is 0 Å². The molecule has 106 valence electrons. The summed E-state index contributed by atoms with van der Waals surface area (Å²) in [5.74, 6) is 1.75. The van der Waals surface area contributed by atoms with Crippen molar-refractivity contribution >= 4 is 15.9 Å². The molecule has 0 aliphatic carbocycles. The first-order chi connectivity index (χ1) is 9.28. The quantitative estimate of drug-likeness (QED) is 0.780. The standard InChI is InChI=1S/C15H23BrN2O/c1-2-18-9-7-13(12-18)11-17-8-10-19-15-5-3-14(16)4-6-15/h3-6,13,17H,2,7-12H2,1H3. The summed E-state index contributed by atoms with van der Waals surface area (Å²) >= 11 is 3.41. The second-order valence-corrected chi connectivity index (χ2v) is 5.97. The van der Waals surface area contributed by atoms with E-state index in [4.69, 9.17) is 4.74 Å². The van der Waals surface area contributed by atoms with Crippen molar-refractivity contribution in [3.63, 3.8) is 0 Å². The molecule has 3 nitrogen and oxygen atoms in total. The van der Waals surface area contributed by atoms with Crippen LogP contribution in [-0.4, -0.2) is 44.2 Å². The molecule has 0 saturated carbocycles. The number of nitrogens with zero attached hydrogens (tertiary/aromatic N) is 1. The molecule has 1 atom stereocenters. The Bertz CT molecular complexity index is 369. The highest BCUT2D eigenvalue weighted by atomic mass is 79.9.